The van der Waals surface area contributed by atoms with Crippen molar-refractivity contribution < 1.29 is 33.3 Å². The summed E-state index contributed by atoms with van der Waals surface area (Å²) in [6, 6.07) is 8.05. The molecule has 2 aromatic rings. The summed E-state index contributed by atoms with van der Waals surface area (Å²) in [5.41, 5.74) is 6.40. The molecule has 0 saturated heterocycles. The second-order valence-corrected chi connectivity index (χ2v) is 5.94. The Bertz CT molecular complexity index is 925. The molecule has 1 aliphatic rings. The molecule has 0 radical (unpaired) electrons. The van der Waals surface area contributed by atoms with Crippen LogP contribution < -0.4 is 30.0 Å². The number of carbonyl (C=O) groups is 3. The van der Waals surface area contributed by atoms with Gasteiger partial charge in [-0.25, -0.2) is 4.79 Å². The van der Waals surface area contributed by atoms with Crippen LogP contribution in [-0.2, 0) is 9.59 Å². The average molecular weight is 386 g/mol. The number of nitrogens with two attached hydrogens (primary N) is 1. The van der Waals surface area contributed by atoms with E-state index in [0.29, 0.717) is 28.4 Å². The Hall–Kier alpha value is -3.75. The molecule has 9 heteroatoms. The lowest BCUT2D eigenvalue weighted by Gasteiger charge is -2.21. The lowest BCUT2D eigenvalue weighted by molar-refractivity contribution is -0.132. The highest BCUT2D eigenvalue weighted by atomic mass is 16.7. The zero-order valence-electron chi connectivity index (χ0n) is 15.2. The van der Waals surface area contributed by atoms with Crippen LogP contribution in [0.1, 0.15) is 31.0 Å². The summed E-state index contributed by atoms with van der Waals surface area (Å²) in [6.45, 7) is 2.59. The maximum absolute atomic E-state index is 11.6. The van der Waals surface area contributed by atoms with Gasteiger partial charge in [0.05, 0.1) is 6.04 Å². The van der Waals surface area contributed by atoms with Gasteiger partial charge in [0.1, 0.15) is 11.5 Å². The van der Waals surface area contributed by atoms with Crippen LogP contribution in [0.3, 0.4) is 0 Å². The quantitative estimate of drug-likeness (QED) is 0.595. The Morgan fingerprint density at radius 2 is 1.61 bits per heavy atom. The van der Waals surface area contributed by atoms with Gasteiger partial charge in [-0.1, -0.05) is 12.1 Å². The third kappa shape index (κ3) is 4.32. The second kappa shape index (κ2) is 7.87. The fourth-order valence-corrected chi connectivity index (χ4v) is 2.79. The Morgan fingerprint density at radius 3 is 2.18 bits per heavy atom. The monoisotopic (exact) mass is 386 g/mol. The number of hydrogen-bond acceptors (Lipinski definition) is 7. The van der Waals surface area contributed by atoms with Crippen molar-refractivity contribution in [2.45, 2.75) is 19.9 Å². The van der Waals surface area contributed by atoms with Gasteiger partial charge >= 0.3 is 18.0 Å². The number of carbonyl (C=O) groups excluding carboxylic acids is 3. The molecule has 2 amide bonds. The molecule has 1 aliphatic heterocycles. The summed E-state index contributed by atoms with van der Waals surface area (Å²) in [4.78, 5) is 34.2. The van der Waals surface area contributed by atoms with E-state index in [-0.39, 0.29) is 12.5 Å². The largest absolute Gasteiger partial charge is 0.454 e. The van der Waals surface area contributed by atoms with Gasteiger partial charge in [0.25, 0.3) is 0 Å². The summed E-state index contributed by atoms with van der Waals surface area (Å²) in [5.74, 6) is 0.414. The lowest BCUT2D eigenvalue weighted by atomic mass is 9.97. The van der Waals surface area contributed by atoms with Gasteiger partial charge in [-0.05, 0) is 23.8 Å². The lowest BCUT2D eigenvalue weighted by Crippen LogP contribution is -2.34. The Balaban J connectivity index is 2.05. The van der Waals surface area contributed by atoms with Crippen molar-refractivity contribution in [3.05, 3.63) is 47.5 Å². The first-order valence-electron chi connectivity index (χ1n) is 8.30. The molecule has 1 unspecified atom stereocenters. The van der Waals surface area contributed by atoms with Crippen LogP contribution in [0.5, 0.6) is 23.0 Å². The van der Waals surface area contributed by atoms with E-state index in [1.54, 1.807) is 30.3 Å². The van der Waals surface area contributed by atoms with E-state index >= 15 is 0 Å². The molecule has 0 fully saturated rings. The van der Waals surface area contributed by atoms with Crippen molar-refractivity contribution in [1.82, 2.24) is 5.32 Å². The number of fused-ring (bicyclic) bond motifs is 1. The number of benzene rings is 2. The minimum atomic E-state index is -0.777. The molecule has 3 rings (SSSR count). The van der Waals surface area contributed by atoms with E-state index in [1.165, 1.54) is 19.9 Å². The van der Waals surface area contributed by atoms with Gasteiger partial charge < -0.3 is 30.0 Å². The van der Waals surface area contributed by atoms with Gasteiger partial charge in [0.15, 0.2) is 11.5 Å². The number of hydrogen-bond donors (Lipinski definition) is 2. The van der Waals surface area contributed by atoms with Crippen molar-refractivity contribution >= 4 is 18.0 Å². The van der Waals surface area contributed by atoms with Crippen LogP contribution in [-0.4, -0.2) is 24.8 Å². The first kappa shape index (κ1) is 19.0. The molecule has 1 atom stereocenters. The molecule has 146 valence electrons. The van der Waals surface area contributed by atoms with Crippen LogP contribution in [0.25, 0.3) is 0 Å². The highest BCUT2D eigenvalue weighted by Gasteiger charge is 2.26. The molecule has 0 aliphatic carbocycles. The standard InChI is InChI=1S/C19H18N2O7/c1-10(22)27-13-5-3-12(4-6-13)18(21-19(20)24)14-7-16-17(26-9-25-16)8-15(14)28-11(2)23/h3-8,18H,9H2,1-2H3,(H3,20,21,24). The van der Waals surface area contributed by atoms with E-state index in [2.05, 4.69) is 5.32 Å². The van der Waals surface area contributed by atoms with Crippen LogP contribution >= 0.6 is 0 Å². The molecular formula is C19H18N2O7. The number of esters is 2. The molecule has 28 heavy (non-hydrogen) atoms. The second-order valence-electron chi connectivity index (χ2n) is 5.94. The highest BCUT2D eigenvalue weighted by Crippen LogP contribution is 2.42. The third-order valence-electron chi connectivity index (χ3n) is 3.83. The molecule has 0 spiro atoms. The van der Waals surface area contributed by atoms with Crippen molar-refractivity contribution in [1.29, 1.82) is 0 Å². The first-order chi connectivity index (χ1) is 13.3. The van der Waals surface area contributed by atoms with Crippen molar-refractivity contribution in [2.24, 2.45) is 5.73 Å². The fraction of sp³-hybridized carbons (Fsp3) is 0.211. The SMILES string of the molecule is CC(=O)Oc1ccc(C(NC(N)=O)c2cc3c(cc2OC(C)=O)OCO3)cc1. The van der Waals surface area contributed by atoms with Gasteiger partial charge in [-0.3, -0.25) is 9.59 Å². The molecular weight excluding hydrogens is 368 g/mol. The maximum atomic E-state index is 11.6. The van der Waals surface area contributed by atoms with E-state index in [4.69, 9.17) is 24.7 Å². The third-order valence-corrected chi connectivity index (χ3v) is 3.83. The van der Waals surface area contributed by atoms with Gasteiger partial charge in [0, 0.05) is 25.5 Å². The van der Waals surface area contributed by atoms with E-state index in [0.717, 1.165) is 0 Å². The zero-order chi connectivity index (χ0) is 20.3. The van der Waals surface area contributed by atoms with Crippen LogP contribution in [0.4, 0.5) is 4.79 Å². The smallest absolute Gasteiger partial charge is 0.312 e. The van der Waals surface area contributed by atoms with Crippen molar-refractivity contribution in [3.63, 3.8) is 0 Å². The van der Waals surface area contributed by atoms with Crippen LogP contribution in [0.2, 0.25) is 0 Å². The number of nitrogens with one attached hydrogen (secondary N) is 1. The summed E-state index contributed by atoms with van der Waals surface area (Å²) in [5, 5.41) is 2.62. The number of amides is 2. The first-order valence-corrected chi connectivity index (χ1v) is 8.30. The van der Waals surface area contributed by atoms with Crippen LogP contribution in [0, 0.1) is 0 Å². The molecule has 3 N–H and O–H groups in total. The minimum Gasteiger partial charge on any atom is -0.454 e. The Kier molecular flexibility index (Phi) is 5.35. The molecule has 0 bridgehead atoms. The van der Waals surface area contributed by atoms with Crippen molar-refractivity contribution in [2.75, 3.05) is 6.79 Å². The minimum absolute atomic E-state index is 0.0310. The van der Waals surface area contributed by atoms with E-state index < -0.39 is 24.0 Å². The predicted molar refractivity (Wildman–Crippen MR) is 96.2 cm³/mol. The summed E-state index contributed by atoms with van der Waals surface area (Å²) >= 11 is 0. The number of rotatable bonds is 5. The maximum Gasteiger partial charge on any atom is 0.312 e. The Morgan fingerprint density at radius 1 is 1.00 bits per heavy atom. The summed E-state index contributed by atoms with van der Waals surface area (Å²) in [7, 11) is 0. The summed E-state index contributed by atoms with van der Waals surface area (Å²) < 4.78 is 21.0. The van der Waals surface area contributed by atoms with Crippen molar-refractivity contribution in [3.8, 4) is 23.0 Å². The number of ether oxygens (including phenoxy) is 4. The Labute approximate surface area is 160 Å². The summed E-state index contributed by atoms with van der Waals surface area (Å²) in [6.07, 6.45) is 0. The van der Waals surface area contributed by atoms with E-state index in [1.807, 2.05) is 0 Å². The van der Waals surface area contributed by atoms with E-state index in [9.17, 15) is 14.4 Å². The van der Waals surface area contributed by atoms with Gasteiger partial charge in [-0.2, -0.15) is 0 Å². The molecule has 2 aromatic carbocycles. The molecule has 9 nitrogen and oxygen atoms in total. The molecule has 0 saturated carbocycles. The number of primary amides is 1. The van der Waals surface area contributed by atoms with Gasteiger partial charge in [0.2, 0.25) is 6.79 Å². The normalized spacial score (nSPS) is 12.8. The van der Waals surface area contributed by atoms with Gasteiger partial charge in [-0.15, -0.1) is 0 Å². The zero-order valence-corrected chi connectivity index (χ0v) is 15.2. The molecule has 0 aromatic heterocycles. The number of urea groups is 1. The highest BCUT2D eigenvalue weighted by molar-refractivity contribution is 5.75. The fourth-order valence-electron chi connectivity index (χ4n) is 2.79. The molecule has 1 heterocycles. The van der Waals surface area contributed by atoms with Crippen LogP contribution in [0.15, 0.2) is 36.4 Å². The topological polar surface area (TPSA) is 126 Å². The average Bonchev–Trinajstić information content (AvgIpc) is 3.06. The predicted octanol–water partition coefficient (Wildman–Crippen LogP) is 2.02.